The average molecular weight is 325 g/mol. The van der Waals surface area contributed by atoms with E-state index in [-0.39, 0.29) is 0 Å². The van der Waals surface area contributed by atoms with Gasteiger partial charge in [0.25, 0.3) is 0 Å². The molecule has 3 rings (SSSR count). The Balaban J connectivity index is 1.68. The summed E-state index contributed by atoms with van der Waals surface area (Å²) in [5.74, 6) is 0.912. The van der Waals surface area contributed by atoms with Crippen LogP contribution in [0.5, 0.6) is 5.75 Å². The Kier molecular flexibility index (Phi) is 5.82. The van der Waals surface area contributed by atoms with Crippen molar-refractivity contribution >= 4 is 11.9 Å². The molecule has 0 bridgehead atoms. The molecule has 2 aromatic rings. The molecule has 2 aromatic carbocycles. The maximum absolute atomic E-state index is 5.50. The van der Waals surface area contributed by atoms with E-state index in [0.717, 1.165) is 49.8 Å². The molecule has 0 spiro atoms. The number of morpholine rings is 1. The van der Waals surface area contributed by atoms with Crippen molar-refractivity contribution < 1.29 is 9.47 Å². The topological polar surface area (TPSA) is 46.1 Å². The second-order valence-electron chi connectivity index (χ2n) is 5.70. The molecule has 0 aliphatic carbocycles. The van der Waals surface area contributed by atoms with Gasteiger partial charge in [0.15, 0.2) is 0 Å². The van der Waals surface area contributed by atoms with Crippen LogP contribution in [0.15, 0.2) is 53.6 Å². The number of nitrogens with zero attached hydrogens (tertiary/aromatic N) is 2. The van der Waals surface area contributed by atoms with Crippen LogP contribution in [0.3, 0.4) is 0 Å². The van der Waals surface area contributed by atoms with Gasteiger partial charge in [-0.25, -0.2) is 0 Å². The highest BCUT2D eigenvalue weighted by Crippen LogP contribution is 2.21. The molecule has 1 saturated heterocycles. The zero-order valence-corrected chi connectivity index (χ0v) is 13.9. The molecule has 0 unspecified atom stereocenters. The fourth-order valence-corrected chi connectivity index (χ4v) is 2.70. The third-order valence-electron chi connectivity index (χ3n) is 3.98. The molecule has 126 valence electrons. The third kappa shape index (κ3) is 4.57. The molecule has 1 aliphatic rings. The lowest BCUT2D eigenvalue weighted by molar-refractivity contribution is 0.0339. The molecule has 5 heteroatoms. The van der Waals surface area contributed by atoms with Crippen LogP contribution in [0.4, 0.5) is 5.69 Å². The lowest BCUT2D eigenvalue weighted by Gasteiger charge is -2.27. The van der Waals surface area contributed by atoms with Gasteiger partial charge in [0.2, 0.25) is 0 Å². The van der Waals surface area contributed by atoms with Gasteiger partial charge in [-0.05, 0) is 35.9 Å². The van der Waals surface area contributed by atoms with Crippen molar-refractivity contribution in [3.8, 4) is 5.75 Å². The smallest absolute Gasteiger partial charge is 0.123 e. The fraction of sp³-hybridized carbons (Fsp3) is 0.316. The number of ether oxygens (including phenoxy) is 2. The van der Waals surface area contributed by atoms with Gasteiger partial charge in [0.05, 0.1) is 32.2 Å². The first kappa shape index (κ1) is 16.5. The first-order valence-corrected chi connectivity index (χ1v) is 8.16. The SMILES string of the molecule is COc1ccc(/C=N\Nc2ccccc2)cc1CN1CCOCC1. The molecular weight excluding hydrogens is 302 g/mol. The quantitative estimate of drug-likeness (QED) is 0.655. The predicted octanol–water partition coefficient (Wildman–Crippen LogP) is 2.97. The van der Waals surface area contributed by atoms with Crippen molar-refractivity contribution in [3.63, 3.8) is 0 Å². The van der Waals surface area contributed by atoms with Crippen molar-refractivity contribution in [2.75, 3.05) is 38.8 Å². The number of benzene rings is 2. The molecule has 1 N–H and O–H groups in total. The standard InChI is InChI=1S/C19H23N3O2/c1-23-19-8-7-16(14-20-21-18-5-3-2-4-6-18)13-17(19)15-22-9-11-24-12-10-22/h2-8,13-14,21H,9-12,15H2,1H3/b20-14-. The van der Waals surface area contributed by atoms with Crippen molar-refractivity contribution in [1.29, 1.82) is 0 Å². The number of methoxy groups -OCH3 is 1. The van der Waals surface area contributed by atoms with Gasteiger partial charge in [0.1, 0.15) is 5.75 Å². The number of hydrogen-bond donors (Lipinski definition) is 1. The summed E-state index contributed by atoms with van der Waals surface area (Å²) in [6, 6.07) is 16.0. The largest absolute Gasteiger partial charge is 0.496 e. The number of anilines is 1. The second kappa shape index (κ2) is 8.47. The van der Waals surface area contributed by atoms with Crippen LogP contribution >= 0.6 is 0 Å². The van der Waals surface area contributed by atoms with E-state index in [2.05, 4.69) is 21.5 Å². The third-order valence-corrected chi connectivity index (χ3v) is 3.98. The van der Waals surface area contributed by atoms with Crippen molar-refractivity contribution in [2.45, 2.75) is 6.54 Å². The second-order valence-corrected chi connectivity index (χ2v) is 5.70. The maximum Gasteiger partial charge on any atom is 0.123 e. The first-order chi connectivity index (χ1) is 11.8. The average Bonchev–Trinajstić information content (AvgIpc) is 2.64. The molecule has 0 radical (unpaired) electrons. The summed E-state index contributed by atoms with van der Waals surface area (Å²) in [5.41, 5.74) is 6.22. The highest BCUT2D eigenvalue weighted by Gasteiger charge is 2.13. The lowest BCUT2D eigenvalue weighted by atomic mass is 10.1. The number of nitrogens with one attached hydrogen (secondary N) is 1. The Morgan fingerprint density at radius 3 is 2.71 bits per heavy atom. The number of hydrazone groups is 1. The summed E-state index contributed by atoms with van der Waals surface area (Å²) in [6.07, 6.45) is 1.83. The number of para-hydroxylation sites is 1. The van der Waals surface area contributed by atoms with Gasteiger partial charge in [-0.15, -0.1) is 0 Å². The summed E-state index contributed by atoms with van der Waals surface area (Å²) in [4.78, 5) is 2.38. The highest BCUT2D eigenvalue weighted by molar-refractivity contribution is 5.81. The van der Waals surface area contributed by atoms with Crippen LogP contribution < -0.4 is 10.2 Å². The summed E-state index contributed by atoms with van der Waals surface area (Å²) in [7, 11) is 1.71. The summed E-state index contributed by atoms with van der Waals surface area (Å²) >= 11 is 0. The molecule has 0 amide bonds. The molecule has 0 atom stereocenters. The van der Waals surface area contributed by atoms with E-state index in [0.29, 0.717) is 0 Å². The van der Waals surface area contributed by atoms with Crippen LogP contribution in [0, 0.1) is 0 Å². The van der Waals surface area contributed by atoms with E-state index in [1.165, 1.54) is 5.56 Å². The van der Waals surface area contributed by atoms with E-state index in [9.17, 15) is 0 Å². The maximum atomic E-state index is 5.50. The van der Waals surface area contributed by atoms with E-state index in [4.69, 9.17) is 9.47 Å². The predicted molar refractivity (Wildman–Crippen MR) is 96.7 cm³/mol. The molecular formula is C19H23N3O2. The van der Waals surface area contributed by atoms with Gasteiger partial charge < -0.3 is 9.47 Å². The molecule has 24 heavy (non-hydrogen) atoms. The van der Waals surface area contributed by atoms with Crippen molar-refractivity contribution in [2.24, 2.45) is 5.10 Å². The molecule has 0 aromatic heterocycles. The van der Waals surface area contributed by atoms with E-state index in [1.54, 1.807) is 7.11 Å². The molecule has 1 aliphatic heterocycles. The molecule has 5 nitrogen and oxygen atoms in total. The Bertz CT molecular complexity index is 668. The van der Waals surface area contributed by atoms with Crippen LogP contribution in [-0.4, -0.2) is 44.5 Å². The van der Waals surface area contributed by atoms with Gasteiger partial charge >= 0.3 is 0 Å². The van der Waals surface area contributed by atoms with Gasteiger partial charge in [-0.2, -0.15) is 5.10 Å². The summed E-state index contributed by atoms with van der Waals surface area (Å²) < 4.78 is 10.9. The van der Waals surface area contributed by atoms with Crippen molar-refractivity contribution in [3.05, 3.63) is 59.7 Å². The van der Waals surface area contributed by atoms with Crippen LogP contribution in [-0.2, 0) is 11.3 Å². The van der Waals surface area contributed by atoms with E-state index < -0.39 is 0 Å². The Hall–Kier alpha value is -2.37. The van der Waals surface area contributed by atoms with Crippen LogP contribution in [0.25, 0.3) is 0 Å². The lowest BCUT2D eigenvalue weighted by Crippen LogP contribution is -2.35. The Morgan fingerprint density at radius 1 is 1.17 bits per heavy atom. The summed E-state index contributed by atoms with van der Waals surface area (Å²) in [6.45, 7) is 4.36. The minimum Gasteiger partial charge on any atom is -0.496 e. The monoisotopic (exact) mass is 325 g/mol. The van der Waals surface area contributed by atoms with E-state index >= 15 is 0 Å². The van der Waals surface area contributed by atoms with Gasteiger partial charge in [0, 0.05) is 25.2 Å². The van der Waals surface area contributed by atoms with E-state index in [1.807, 2.05) is 48.7 Å². The molecule has 1 fully saturated rings. The number of hydrogen-bond acceptors (Lipinski definition) is 5. The zero-order valence-electron chi connectivity index (χ0n) is 13.9. The normalized spacial score (nSPS) is 15.5. The van der Waals surface area contributed by atoms with Crippen LogP contribution in [0.2, 0.25) is 0 Å². The fourth-order valence-electron chi connectivity index (χ4n) is 2.70. The molecule has 1 heterocycles. The first-order valence-electron chi connectivity index (χ1n) is 8.16. The zero-order chi connectivity index (χ0) is 16.6. The Morgan fingerprint density at radius 2 is 1.96 bits per heavy atom. The highest BCUT2D eigenvalue weighted by atomic mass is 16.5. The minimum absolute atomic E-state index is 0.796. The molecule has 0 saturated carbocycles. The summed E-state index contributed by atoms with van der Waals surface area (Å²) in [5, 5.41) is 4.31. The Labute approximate surface area is 142 Å². The van der Waals surface area contributed by atoms with Crippen molar-refractivity contribution in [1.82, 2.24) is 4.90 Å². The number of rotatable bonds is 6. The van der Waals surface area contributed by atoms with Gasteiger partial charge in [-0.3, -0.25) is 10.3 Å². The van der Waals surface area contributed by atoms with Gasteiger partial charge in [-0.1, -0.05) is 18.2 Å². The van der Waals surface area contributed by atoms with Crippen LogP contribution in [0.1, 0.15) is 11.1 Å². The minimum atomic E-state index is 0.796.